The van der Waals surface area contributed by atoms with E-state index in [0.29, 0.717) is 19.0 Å². The molecular weight excluding hydrogens is 228 g/mol. The van der Waals surface area contributed by atoms with Gasteiger partial charge >= 0.3 is 0 Å². The fourth-order valence-corrected chi connectivity index (χ4v) is 1.54. The lowest BCUT2D eigenvalue weighted by atomic mass is 10.3. The Morgan fingerprint density at radius 1 is 1.56 bits per heavy atom. The van der Waals surface area contributed by atoms with Crippen LogP contribution in [0.2, 0.25) is 0 Å². The zero-order valence-electron chi connectivity index (χ0n) is 10.3. The second kappa shape index (κ2) is 5.86. The normalized spacial score (nSPS) is 10.1. The van der Waals surface area contributed by atoms with Gasteiger partial charge in [0.25, 0.3) is 0 Å². The number of nitrogens with zero attached hydrogens (tertiary/aromatic N) is 3. The minimum Gasteiger partial charge on any atom is -0.476 e. The summed E-state index contributed by atoms with van der Waals surface area (Å²) >= 11 is 0. The Hall–Kier alpha value is -2.30. The monoisotopic (exact) mass is 244 g/mol. The molecule has 0 bridgehead atoms. The zero-order valence-corrected chi connectivity index (χ0v) is 10.3. The number of nitrogens with one attached hydrogen (secondary N) is 1. The summed E-state index contributed by atoms with van der Waals surface area (Å²) < 4.78 is 7.11. The first-order chi connectivity index (χ1) is 8.83. The van der Waals surface area contributed by atoms with Gasteiger partial charge in [-0.05, 0) is 19.1 Å². The van der Waals surface area contributed by atoms with Crippen molar-refractivity contribution in [3.8, 4) is 5.88 Å². The van der Waals surface area contributed by atoms with Crippen LogP contribution in [-0.4, -0.2) is 21.4 Å². The Morgan fingerprint density at radius 2 is 2.44 bits per heavy atom. The first-order valence-electron chi connectivity index (χ1n) is 5.80. The molecule has 0 atom stereocenters. The van der Waals surface area contributed by atoms with Gasteiger partial charge in [0.05, 0.1) is 18.5 Å². The van der Waals surface area contributed by atoms with E-state index in [1.807, 2.05) is 25.3 Å². The lowest BCUT2D eigenvalue weighted by molar-refractivity contribution is 0.328. The molecule has 5 nitrogen and oxygen atoms in total. The minimum atomic E-state index is 0.597. The molecule has 94 valence electrons. The number of hydrogen-bond acceptors (Lipinski definition) is 4. The van der Waals surface area contributed by atoms with E-state index in [1.54, 1.807) is 23.3 Å². The summed E-state index contributed by atoms with van der Waals surface area (Å²) in [5.74, 6) is 0.621. The topological polar surface area (TPSA) is 52.0 Å². The minimum absolute atomic E-state index is 0.597. The Morgan fingerprint density at radius 3 is 3.17 bits per heavy atom. The highest BCUT2D eigenvalue weighted by atomic mass is 16.5. The van der Waals surface area contributed by atoms with Crippen molar-refractivity contribution in [3.63, 3.8) is 0 Å². The van der Waals surface area contributed by atoms with Gasteiger partial charge in [-0.25, -0.2) is 9.67 Å². The van der Waals surface area contributed by atoms with Gasteiger partial charge in [-0.3, -0.25) is 0 Å². The summed E-state index contributed by atoms with van der Waals surface area (Å²) in [6.45, 7) is 6.85. The van der Waals surface area contributed by atoms with Gasteiger partial charge in [-0.1, -0.05) is 6.58 Å². The summed E-state index contributed by atoms with van der Waals surface area (Å²) in [6, 6.07) is 3.81. The zero-order chi connectivity index (χ0) is 12.8. The second-order valence-corrected chi connectivity index (χ2v) is 3.65. The molecule has 0 spiro atoms. The summed E-state index contributed by atoms with van der Waals surface area (Å²) in [6.07, 6.45) is 7.08. The van der Waals surface area contributed by atoms with Gasteiger partial charge in [0.15, 0.2) is 0 Å². The van der Waals surface area contributed by atoms with Crippen molar-refractivity contribution in [3.05, 3.63) is 42.9 Å². The molecule has 18 heavy (non-hydrogen) atoms. The number of ether oxygens (including phenoxy) is 1. The van der Waals surface area contributed by atoms with Crippen molar-refractivity contribution in [2.24, 2.45) is 0 Å². The molecular formula is C13H16N4O. The van der Waals surface area contributed by atoms with E-state index in [1.165, 1.54) is 0 Å². The molecule has 2 heterocycles. The highest BCUT2D eigenvalue weighted by Crippen LogP contribution is 2.21. The van der Waals surface area contributed by atoms with Crippen molar-refractivity contribution in [2.75, 3.05) is 11.9 Å². The van der Waals surface area contributed by atoms with Gasteiger partial charge in [0.2, 0.25) is 5.88 Å². The van der Waals surface area contributed by atoms with Crippen LogP contribution in [0.1, 0.15) is 12.5 Å². The van der Waals surface area contributed by atoms with Crippen molar-refractivity contribution in [2.45, 2.75) is 13.5 Å². The highest BCUT2D eigenvalue weighted by molar-refractivity contribution is 5.52. The van der Waals surface area contributed by atoms with Gasteiger partial charge < -0.3 is 10.1 Å². The lowest BCUT2D eigenvalue weighted by Gasteiger charge is -2.09. The second-order valence-electron chi connectivity index (χ2n) is 3.65. The number of anilines is 1. The average Bonchev–Trinajstić information content (AvgIpc) is 2.86. The molecule has 2 aromatic heterocycles. The predicted octanol–water partition coefficient (Wildman–Crippen LogP) is 2.39. The Balaban J connectivity index is 2.03. The Kier molecular flexibility index (Phi) is 3.96. The van der Waals surface area contributed by atoms with Crippen LogP contribution in [0.3, 0.4) is 0 Å². The standard InChI is InChI=1S/C13H16N4O/c1-3-17-10-11(9-16-17)8-15-12-6-5-7-14-13(12)18-4-2/h3,5-7,9-10,15H,1,4,8H2,2H3. The SMILES string of the molecule is C=Cn1cc(CNc2cccnc2OCC)cn1. The summed E-state index contributed by atoms with van der Waals surface area (Å²) in [5, 5.41) is 7.39. The van der Waals surface area contributed by atoms with Crippen molar-refractivity contribution in [1.29, 1.82) is 0 Å². The van der Waals surface area contributed by atoms with E-state index in [9.17, 15) is 0 Å². The van der Waals surface area contributed by atoms with Crippen LogP contribution in [0.15, 0.2) is 37.3 Å². The molecule has 2 rings (SSSR count). The Labute approximate surface area is 106 Å². The maximum Gasteiger partial charge on any atom is 0.237 e. The Bertz CT molecular complexity index is 521. The van der Waals surface area contributed by atoms with E-state index in [2.05, 4.69) is 22.0 Å². The van der Waals surface area contributed by atoms with E-state index >= 15 is 0 Å². The fraction of sp³-hybridized carbons (Fsp3) is 0.231. The predicted molar refractivity (Wildman–Crippen MR) is 71.3 cm³/mol. The first-order valence-corrected chi connectivity index (χ1v) is 5.80. The molecule has 0 amide bonds. The van der Waals surface area contributed by atoms with Gasteiger partial charge in [0, 0.05) is 30.7 Å². The molecule has 0 radical (unpaired) electrons. The smallest absolute Gasteiger partial charge is 0.237 e. The molecule has 0 aliphatic heterocycles. The lowest BCUT2D eigenvalue weighted by Crippen LogP contribution is -2.03. The first kappa shape index (κ1) is 12.2. The van der Waals surface area contributed by atoms with Crippen LogP contribution < -0.4 is 10.1 Å². The van der Waals surface area contributed by atoms with Gasteiger partial charge in [-0.15, -0.1) is 0 Å². The third-order valence-electron chi connectivity index (χ3n) is 2.38. The van der Waals surface area contributed by atoms with Crippen LogP contribution in [0.4, 0.5) is 5.69 Å². The number of pyridine rings is 1. The molecule has 0 fully saturated rings. The highest BCUT2D eigenvalue weighted by Gasteiger charge is 2.04. The molecule has 0 aliphatic carbocycles. The summed E-state index contributed by atoms with van der Waals surface area (Å²) in [7, 11) is 0. The number of hydrogen-bond donors (Lipinski definition) is 1. The summed E-state index contributed by atoms with van der Waals surface area (Å²) in [4.78, 5) is 4.18. The van der Waals surface area contributed by atoms with Crippen LogP contribution in [-0.2, 0) is 6.54 Å². The molecule has 0 unspecified atom stereocenters. The quantitative estimate of drug-likeness (QED) is 0.847. The molecule has 0 aliphatic rings. The van der Waals surface area contributed by atoms with Crippen molar-refractivity contribution in [1.82, 2.24) is 14.8 Å². The molecule has 0 saturated carbocycles. The molecule has 0 aromatic carbocycles. The van der Waals surface area contributed by atoms with Crippen LogP contribution in [0.25, 0.3) is 6.20 Å². The van der Waals surface area contributed by atoms with Crippen LogP contribution in [0.5, 0.6) is 5.88 Å². The number of rotatable bonds is 6. The van der Waals surface area contributed by atoms with Crippen molar-refractivity contribution < 1.29 is 4.74 Å². The van der Waals surface area contributed by atoms with E-state index in [4.69, 9.17) is 4.74 Å². The average molecular weight is 244 g/mol. The third kappa shape index (κ3) is 2.88. The van der Waals surface area contributed by atoms with E-state index in [-0.39, 0.29) is 0 Å². The number of aromatic nitrogens is 3. The van der Waals surface area contributed by atoms with Crippen molar-refractivity contribution >= 4 is 11.9 Å². The maximum absolute atomic E-state index is 5.44. The summed E-state index contributed by atoms with van der Waals surface area (Å²) in [5.41, 5.74) is 1.95. The van der Waals surface area contributed by atoms with Gasteiger partial charge in [0.1, 0.15) is 0 Å². The van der Waals surface area contributed by atoms with Gasteiger partial charge in [-0.2, -0.15) is 5.10 Å². The largest absolute Gasteiger partial charge is 0.476 e. The maximum atomic E-state index is 5.44. The molecule has 0 saturated heterocycles. The fourth-order valence-electron chi connectivity index (χ4n) is 1.54. The molecule has 5 heteroatoms. The van der Waals surface area contributed by atoms with E-state index < -0.39 is 0 Å². The van der Waals surface area contributed by atoms with E-state index in [0.717, 1.165) is 11.3 Å². The third-order valence-corrected chi connectivity index (χ3v) is 2.38. The molecule has 2 aromatic rings. The van der Waals surface area contributed by atoms with Crippen LogP contribution >= 0.6 is 0 Å². The molecule has 1 N–H and O–H groups in total. The van der Waals surface area contributed by atoms with Crippen LogP contribution in [0, 0.1) is 0 Å².